The van der Waals surface area contributed by atoms with Crippen molar-refractivity contribution >= 4 is 11.4 Å². The number of allylic oxidation sites excluding steroid dienone is 1. The van der Waals surface area contributed by atoms with Crippen LogP contribution < -0.4 is 5.56 Å². The molecule has 1 aliphatic rings. The number of terminal acetylenes is 1. The molecule has 0 amide bonds. The zero-order valence-electron chi connectivity index (χ0n) is 20.3. The van der Waals surface area contributed by atoms with E-state index >= 15 is 0 Å². The molecule has 38 heavy (non-hydrogen) atoms. The van der Waals surface area contributed by atoms with Crippen molar-refractivity contribution in [3.05, 3.63) is 69.6 Å². The molecule has 1 aliphatic heterocycles. The van der Waals surface area contributed by atoms with Crippen molar-refractivity contribution in [2.45, 2.75) is 25.8 Å². The highest BCUT2D eigenvalue weighted by Gasteiger charge is 2.39. The lowest BCUT2D eigenvalue weighted by Gasteiger charge is -2.25. The molecule has 0 spiro atoms. The Morgan fingerprint density at radius 2 is 2.00 bits per heavy atom. The second-order valence-electron chi connectivity index (χ2n) is 8.40. The van der Waals surface area contributed by atoms with E-state index in [9.17, 15) is 18.0 Å². The molecule has 0 radical (unpaired) electrons. The first-order valence-electron chi connectivity index (χ1n) is 11.4. The highest BCUT2D eigenvalue weighted by Crippen LogP contribution is 2.38. The van der Waals surface area contributed by atoms with Gasteiger partial charge in [-0.3, -0.25) is 9.89 Å². The van der Waals surface area contributed by atoms with Gasteiger partial charge in [-0.15, -0.1) is 6.42 Å². The summed E-state index contributed by atoms with van der Waals surface area (Å²) in [7, 11) is 1.39. The lowest BCUT2D eigenvalue weighted by Crippen LogP contribution is -2.36. The molecule has 4 heterocycles. The van der Waals surface area contributed by atoms with Crippen molar-refractivity contribution in [1.29, 1.82) is 0 Å². The van der Waals surface area contributed by atoms with E-state index in [1.807, 2.05) is 0 Å². The van der Waals surface area contributed by atoms with E-state index in [4.69, 9.17) is 25.1 Å². The fourth-order valence-corrected chi connectivity index (χ4v) is 4.06. The summed E-state index contributed by atoms with van der Waals surface area (Å²) in [5.74, 6) is 2.65. The van der Waals surface area contributed by atoms with E-state index in [1.54, 1.807) is 25.1 Å². The SMILES string of the molecule is C#C/C=C(/OC)c1nc(-c2c(COC3COC3)nc3c(-c4ccccc4)c(C(F)(F)F)[nH]n3c2=O)oc1C. The maximum Gasteiger partial charge on any atom is 0.433 e. The van der Waals surface area contributed by atoms with Crippen LogP contribution in [-0.2, 0) is 27.0 Å². The summed E-state index contributed by atoms with van der Waals surface area (Å²) >= 11 is 0. The number of halogens is 3. The maximum absolute atomic E-state index is 14.1. The third-order valence-corrected chi connectivity index (χ3v) is 5.94. The number of rotatable bonds is 7. The first-order valence-corrected chi connectivity index (χ1v) is 11.4. The van der Waals surface area contributed by atoms with E-state index < -0.39 is 17.4 Å². The number of aromatic amines is 1. The summed E-state index contributed by atoms with van der Waals surface area (Å²) < 4.78 is 65.0. The van der Waals surface area contributed by atoms with Gasteiger partial charge in [-0.2, -0.15) is 17.7 Å². The molecule has 0 bridgehead atoms. The summed E-state index contributed by atoms with van der Waals surface area (Å²) in [5, 5.41) is 2.19. The molecule has 1 aromatic carbocycles. The normalized spacial score (nSPS) is 14.5. The topological polar surface area (TPSA) is 104 Å². The van der Waals surface area contributed by atoms with E-state index in [-0.39, 0.29) is 63.8 Å². The Bertz CT molecular complexity index is 1620. The minimum absolute atomic E-state index is 0.0551. The first kappa shape index (κ1) is 25.3. The lowest BCUT2D eigenvalue weighted by molar-refractivity contribution is -0.140. The zero-order chi connectivity index (χ0) is 27.0. The summed E-state index contributed by atoms with van der Waals surface area (Å²) in [6.07, 6.45) is 1.64. The number of aryl methyl sites for hydroxylation is 1. The van der Waals surface area contributed by atoms with Gasteiger partial charge in [-0.25, -0.2) is 9.97 Å². The quantitative estimate of drug-likeness (QED) is 0.284. The van der Waals surface area contributed by atoms with Crippen LogP contribution in [0.1, 0.15) is 22.8 Å². The fourth-order valence-electron chi connectivity index (χ4n) is 4.06. The molecule has 9 nitrogen and oxygen atoms in total. The van der Waals surface area contributed by atoms with Crippen molar-refractivity contribution in [3.8, 4) is 34.9 Å². The maximum atomic E-state index is 14.1. The molecule has 1 fully saturated rings. The number of hydrogen-bond donors (Lipinski definition) is 1. The Morgan fingerprint density at radius 3 is 2.61 bits per heavy atom. The standard InChI is InChI=1S/C26H21F3N4O5/c1-4-8-18(35-3)21-14(2)38-24(31-21)20-17(13-37-16-11-36-12-16)30-23-19(15-9-6-5-7-10-15)22(26(27,28)29)32-33(23)25(20)34/h1,5-10,16,32H,11-13H2,2-3H3/b18-8+. The molecular formula is C26H21F3N4O5. The van der Waals surface area contributed by atoms with Gasteiger partial charge in [0.05, 0.1) is 38.2 Å². The van der Waals surface area contributed by atoms with Gasteiger partial charge in [0.25, 0.3) is 5.56 Å². The molecule has 5 rings (SSSR count). The predicted molar refractivity (Wildman–Crippen MR) is 130 cm³/mol. The molecular weight excluding hydrogens is 505 g/mol. The number of alkyl halides is 3. The van der Waals surface area contributed by atoms with Crippen molar-refractivity contribution in [3.63, 3.8) is 0 Å². The van der Waals surface area contributed by atoms with Crippen LogP contribution in [0.5, 0.6) is 0 Å². The molecule has 0 saturated carbocycles. The van der Waals surface area contributed by atoms with Gasteiger partial charge in [-0.05, 0) is 12.5 Å². The lowest BCUT2D eigenvalue weighted by atomic mass is 10.1. The molecule has 196 valence electrons. The van der Waals surface area contributed by atoms with Crippen LogP contribution in [0.2, 0.25) is 0 Å². The third kappa shape index (κ3) is 4.46. The van der Waals surface area contributed by atoms with E-state index in [2.05, 4.69) is 21.0 Å². The summed E-state index contributed by atoms with van der Waals surface area (Å²) in [6, 6.07) is 7.89. The van der Waals surface area contributed by atoms with Crippen molar-refractivity contribution < 1.29 is 31.8 Å². The van der Waals surface area contributed by atoms with Gasteiger partial charge < -0.3 is 18.6 Å². The van der Waals surface area contributed by atoms with Crippen LogP contribution in [0, 0.1) is 19.3 Å². The minimum Gasteiger partial charge on any atom is -0.494 e. The highest BCUT2D eigenvalue weighted by atomic mass is 19.4. The largest absolute Gasteiger partial charge is 0.494 e. The molecule has 0 aliphatic carbocycles. The average Bonchev–Trinajstić information content (AvgIpc) is 3.43. The Balaban J connectivity index is 1.77. The van der Waals surface area contributed by atoms with E-state index in [0.29, 0.717) is 13.2 Å². The van der Waals surface area contributed by atoms with Crippen LogP contribution >= 0.6 is 0 Å². The molecule has 1 saturated heterocycles. The second-order valence-corrected chi connectivity index (χ2v) is 8.40. The van der Waals surface area contributed by atoms with Crippen LogP contribution in [0.4, 0.5) is 13.2 Å². The Kier molecular flexibility index (Phi) is 6.56. The first-order chi connectivity index (χ1) is 18.2. The number of aromatic nitrogens is 4. The fraction of sp³-hybridized carbons (Fsp3) is 0.269. The zero-order valence-corrected chi connectivity index (χ0v) is 20.3. The Morgan fingerprint density at radius 1 is 1.26 bits per heavy atom. The van der Waals surface area contributed by atoms with Gasteiger partial charge in [0.15, 0.2) is 11.4 Å². The number of nitrogens with zero attached hydrogens (tertiary/aromatic N) is 3. The summed E-state index contributed by atoms with van der Waals surface area (Å²) in [4.78, 5) is 22.6. The number of benzene rings is 1. The highest BCUT2D eigenvalue weighted by molar-refractivity contribution is 5.81. The second kappa shape index (κ2) is 9.85. The van der Waals surface area contributed by atoms with E-state index in [1.165, 1.54) is 25.3 Å². The number of ether oxygens (including phenoxy) is 3. The van der Waals surface area contributed by atoms with Crippen LogP contribution in [0.15, 0.2) is 45.6 Å². The van der Waals surface area contributed by atoms with Crippen molar-refractivity contribution in [2.24, 2.45) is 0 Å². The Hall–Kier alpha value is -4.34. The molecule has 4 aromatic rings. The van der Waals surface area contributed by atoms with Gasteiger partial charge in [-0.1, -0.05) is 36.3 Å². The predicted octanol–water partition coefficient (Wildman–Crippen LogP) is 4.21. The molecule has 1 N–H and O–H groups in total. The third-order valence-electron chi connectivity index (χ3n) is 5.94. The van der Waals surface area contributed by atoms with Gasteiger partial charge in [0.1, 0.15) is 28.8 Å². The van der Waals surface area contributed by atoms with Crippen LogP contribution in [-0.4, -0.2) is 46.0 Å². The monoisotopic (exact) mass is 526 g/mol. The van der Waals surface area contributed by atoms with Crippen LogP contribution in [0.3, 0.4) is 0 Å². The summed E-state index contributed by atoms with van der Waals surface area (Å²) in [6.45, 7) is 2.10. The number of methoxy groups -OCH3 is 1. The van der Waals surface area contributed by atoms with Crippen molar-refractivity contribution in [1.82, 2.24) is 19.6 Å². The number of H-pyrrole nitrogens is 1. The van der Waals surface area contributed by atoms with Gasteiger partial charge in [0, 0.05) is 6.08 Å². The van der Waals surface area contributed by atoms with Gasteiger partial charge in [0.2, 0.25) is 5.89 Å². The van der Waals surface area contributed by atoms with Crippen LogP contribution in [0.25, 0.3) is 34.0 Å². The van der Waals surface area contributed by atoms with Gasteiger partial charge >= 0.3 is 6.18 Å². The van der Waals surface area contributed by atoms with Crippen molar-refractivity contribution in [2.75, 3.05) is 20.3 Å². The number of oxazole rings is 1. The van der Waals surface area contributed by atoms with E-state index in [0.717, 1.165) is 4.52 Å². The summed E-state index contributed by atoms with van der Waals surface area (Å²) in [5.41, 5.74) is -2.09. The Labute approximate surface area is 213 Å². The minimum atomic E-state index is -4.80. The smallest absolute Gasteiger partial charge is 0.433 e. The number of hydrogen-bond acceptors (Lipinski definition) is 7. The molecule has 0 unspecified atom stereocenters. The molecule has 12 heteroatoms. The number of fused-ring (bicyclic) bond motifs is 1. The average molecular weight is 526 g/mol. The number of nitrogens with one attached hydrogen (secondary N) is 1. The molecule has 3 aromatic heterocycles. The molecule has 0 atom stereocenters.